The summed E-state index contributed by atoms with van der Waals surface area (Å²) in [5.41, 5.74) is 4.27. The lowest BCUT2D eigenvalue weighted by atomic mass is 9.73. The topological polar surface area (TPSA) is 44.8 Å². The van der Waals surface area contributed by atoms with Crippen molar-refractivity contribution in [2.24, 2.45) is 0 Å². The van der Waals surface area contributed by atoms with Crippen LogP contribution in [0.5, 0.6) is 5.75 Å². The minimum absolute atomic E-state index is 0.143. The van der Waals surface area contributed by atoms with Crippen molar-refractivity contribution in [1.29, 1.82) is 0 Å². The van der Waals surface area contributed by atoms with E-state index in [2.05, 4.69) is 65.6 Å². The fourth-order valence-electron chi connectivity index (χ4n) is 5.21. The number of nitrogens with one attached hydrogen (secondary N) is 1. The average molecular weight is 399 g/mol. The molecule has 2 atom stereocenters. The summed E-state index contributed by atoms with van der Waals surface area (Å²) in [5, 5.41) is 2.78. The Morgan fingerprint density at radius 1 is 1.00 bits per heavy atom. The van der Waals surface area contributed by atoms with Crippen molar-refractivity contribution in [1.82, 2.24) is 4.90 Å². The molecule has 1 saturated heterocycles. The second kappa shape index (κ2) is 7.18. The number of benzene rings is 3. The molecule has 0 saturated carbocycles. The van der Waals surface area contributed by atoms with Crippen molar-refractivity contribution in [2.45, 2.75) is 18.0 Å². The molecule has 30 heavy (non-hydrogen) atoms. The molecule has 5 nitrogen and oxygen atoms in total. The van der Waals surface area contributed by atoms with Gasteiger partial charge in [-0.05, 0) is 54.9 Å². The van der Waals surface area contributed by atoms with Gasteiger partial charge in [0, 0.05) is 25.0 Å². The van der Waals surface area contributed by atoms with Crippen LogP contribution in [0, 0.1) is 0 Å². The Bertz CT molecular complexity index is 1070. The number of carbonyl (C=O) groups excluding carboxylic acids is 1. The first-order valence-electron chi connectivity index (χ1n) is 10.3. The molecule has 2 aliphatic heterocycles. The normalized spacial score (nSPS) is 22.5. The number of likely N-dealkylation sites (tertiary alicyclic amines) is 1. The maximum atomic E-state index is 12.4. The van der Waals surface area contributed by atoms with Crippen LogP contribution in [0.1, 0.15) is 17.5 Å². The van der Waals surface area contributed by atoms with E-state index in [4.69, 9.17) is 4.74 Å². The largest absolute Gasteiger partial charge is 0.417 e. The van der Waals surface area contributed by atoms with E-state index in [-0.39, 0.29) is 11.6 Å². The molecule has 5 rings (SSSR count). The molecule has 3 aromatic rings. The standard InChI is InChI=1S/C25H25N3O2/c1-27-16-15-25(18-9-5-3-6-10-18)21-17-20(13-14-22(21)28(2)23(25)27)30-24(29)26-19-11-7-4-8-12-19/h3-14,17,23H,15-16H2,1-2H3,(H,26,29)/t23-,25+/m0/s1. The Hall–Kier alpha value is -3.31. The molecule has 0 radical (unpaired) electrons. The fraction of sp³-hybridized carbons (Fsp3) is 0.240. The highest BCUT2D eigenvalue weighted by Gasteiger charge is 2.56. The molecule has 0 unspecified atom stereocenters. The van der Waals surface area contributed by atoms with Crippen LogP contribution >= 0.6 is 0 Å². The highest BCUT2D eigenvalue weighted by molar-refractivity contribution is 5.86. The number of amides is 1. The number of para-hydroxylation sites is 1. The van der Waals surface area contributed by atoms with Gasteiger partial charge in [-0.3, -0.25) is 10.2 Å². The molecule has 152 valence electrons. The second-order valence-electron chi connectivity index (χ2n) is 8.11. The van der Waals surface area contributed by atoms with Gasteiger partial charge in [0.15, 0.2) is 0 Å². The zero-order valence-electron chi connectivity index (χ0n) is 17.2. The number of ether oxygens (including phenoxy) is 1. The summed E-state index contributed by atoms with van der Waals surface area (Å²) in [7, 11) is 4.33. The maximum Gasteiger partial charge on any atom is 0.417 e. The lowest BCUT2D eigenvalue weighted by molar-refractivity contribution is 0.215. The predicted octanol–water partition coefficient (Wildman–Crippen LogP) is 4.70. The molecule has 1 fully saturated rings. The lowest BCUT2D eigenvalue weighted by Gasteiger charge is -2.35. The smallest absolute Gasteiger partial charge is 0.410 e. The third-order valence-corrected chi connectivity index (χ3v) is 6.43. The van der Waals surface area contributed by atoms with Gasteiger partial charge in [-0.2, -0.15) is 0 Å². The Morgan fingerprint density at radius 2 is 1.70 bits per heavy atom. The lowest BCUT2D eigenvalue weighted by Crippen LogP contribution is -2.47. The van der Waals surface area contributed by atoms with Crippen LogP contribution < -0.4 is 15.0 Å². The van der Waals surface area contributed by atoms with Gasteiger partial charge >= 0.3 is 6.09 Å². The van der Waals surface area contributed by atoms with E-state index < -0.39 is 6.09 Å². The highest BCUT2D eigenvalue weighted by atomic mass is 16.6. The van der Waals surface area contributed by atoms with Crippen molar-refractivity contribution in [3.8, 4) is 5.75 Å². The van der Waals surface area contributed by atoms with E-state index >= 15 is 0 Å². The van der Waals surface area contributed by atoms with Crippen LogP contribution in [0.25, 0.3) is 0 Å². The zero-order chi connectivity index (χ0) is 20.7. The van der Waals surface area contributed by atoms with E-state index in [0.29, 0.717) is 11.4 Å². The number of anilines is 2. The highest BCUT2D eigenvalue weighted by Crippen LogP contribution is 2.55. The van der Waals surface area contributed by atoms with Gasteiger partial charge < -0.3 is 9.64 Å². The van der Waals surface area contributed by atoms with Crippen LogP contribution in [-0.4, -0.2) is 37.8 Å². The minimum atomic E-state index is -0.485. The first-order chi connectivity index (χ1) is 14.6. The van der Waals surface area contributed by atoms with E-state index in [1.54, 1.807) is 0 Å². The zero-order valence-corrected chi connectivity index (χ0v) is 17.2. The molecule has 0 spiro atoms. The quantitative estimate of drug-likeness (QED) is 0.694. The van der Waals surface area contributed by atoms with Gasteiger partial charge in [0.25, 0.3) is 0 Å². The van der Waals surface area contributed by atoms with Crippen molar-refractivity contribution >= 4 is 17.5 Å². The fourth-order valence-corrected chi connectivity index (χ4v) is 5.21. The van der Waals surface area contributed by atoms with Crippen LogP contribution in [0.3, 0.4) is 0 Å². The maximum absolute atomic E-state index is 12.4. The van der Waals surface area contributed by atoms with Crippen molar-refractivity contribution in [2.75, 3.05) is 30.9 Å². The Kier molecular flexibility index (Phi) is 4.48. The van der Waals surface area contributed by atoms with Gasteiger partial charge in [0.2, 0.25) is 0 Å². The van der Waals surface area contributed by atoms with Crippen LogP contribution in [-0.2, 0) is 5.41 Å². The number of rotatable bonds is 3. The second-order valence-corrected chi connectivity index (χ2v) is 8.11. The van der Waals surface area contributed by atoms with Crippen LogP contribution in [0.2, 0.25) is 0 Å². The number of hydrogen-bond acceptors (Lipinski definition) is 4. The molecule has 3 aromatic carbocycles. The summed E-state index contributed by atoms with van der Waals surface area (Å²) in [6.07, 6.45) is 0.777. The molecule has 2 heterocycles. The molecular weight excluding hydrogens is 374 g/mol. The molecule has 1 amide bonds. The molecule has 1 N–H and O–H groups in total. The number of nitrogens with zero attached hydrogens (tertiary/aromatic N) is 2. The van der Waals surface area contributed by atoms with Gasteiger partial charge in [-0.25, -0.2) is 4.79 Å². The Balaban J connectivity index is 1.51. The van der Waals surface area contributed by atoms with Crippen LogP contribution in [0.4, 0.5) is 16.2 Å². The number of fused-ring (bicyclic) bond motifs is 3. The molecule has 0 bridgehead atoms. The predicted molar refractivity (Wildman–Crippen MR) is 119 cm³/mol. The van der Waals surface area contributed by atoms with Gasteiger partial charge in [0.1, 0.15) is 5.75 Å². The van der Waals surface area contributed by atoms with Crippen molar-refractivity contribution in [3.63, 3.8) is 0 Å². The summed E-state index contributed by atoms with van der Waals surface area (Å²) in [5.74, 6) is 0.557. The average Bonchev–Trinajstić information content (AvgIpc) is 3.24. The SMILES string of the molecule is CN1CC[C@@]2(c3ccccc3)c3cc(OC(=O)Nc4ccccc4)ccc3N(C)[C@H]12. The Morgan fingerprint density at radius 3 is 2.43 bits per heavy atom. The molecule has 2 aliphatic rings. The summed E-state index contributed by atoms with van der Waals surface area (Å²) in [4.78, 5) is 17.2. The van der Waals surface area contributed by atoms with E-state index in [1.807, 2.05) is 42.5 Å². The third kappa shape index (κ3) is 2.85. The first-order valence-corrected chi connectivity index (χ1v) is 10.3. The van der Waals surface area contributed by atoms with Gasteiger partial charge in [-0.1, -0.05) is 48.5 Å². The molecule has 0 aliphatic carbocycles. The van der Waals surface area contributed by atoms with Crippen molar-refractivity contribution in [3.05, 3.63) is 90.0 Å². The number of carbonyl (C=O) groups is 1. The molecular formula is C25H25N3O2. The van der Waals surface area contributed by atoms with Crippen LogP contribution in [0.15, 0.2) is 78.9 Å². The molecule has 5 heteroatoms. The van der Waals surface area contributed by atoms with Gasteiger partial charge in [0.05, 0.1) is 11.6 Å². The molecule has 0 aromatic heterocycles. The number of hydrogen-bond donors (Lipinski definition) is 1. The first kappa shape index (κ1) is 18.7. The van der Waals surface area contributed by atoms with Gasteiger partial charge in [-0.15, -0.1) is 0 Å². The monoisotopic (exact) mass is 399 g/mol. The third-order valence-electron chi connectivity index (χ3n) is 6.43. The van der Waals surface area contributed by atoms with Crippen molar-refractivity contribution < 1.29 is 9.53 Å². The summed E-state index contributed by atoms with van der Waals surface area (Å²) in [6.45, 7) is 1.02. The van der Waals surface area contributed by atoms with E-state index in [9.17, 15) is 4.79 Å². The summed E-state index contributed by atoms with van der Waals surface area (Å²) in [6, 6.07) is 26.0. The Labute approximate surface area is 176 Å². The van der Waals surface area contributed by atoms with E-state index in [0.717, 1.165) is 13.0 Å². The summed E-state index contributed by atoms with van der Waals surface area (Å²) >= 11 is 0. The summed E-state index contributed by atoms with van der Waals surface area (Å²) < 4.78 is 5.65. The number of likely N-dealkylation sites (N-methyl/N-ethyl adjacent to an activating group) is 2. The van der Waals surface area contributed by atoms with E-state index in [1.165, 1.54) is 16.8 Å². The minimum Gasteiger partial charge on any atom is -0.410 e.